The summed E-state index contributed by atoms with van der Waals surface area (Å²) < 4.78 is 5.21. The first kappa shape index (κ1) is 18.0. The minimum atomic E-state index is -0.130. The van der Waals surface area contributed by atoms with E-state index < -0.39 is 0 Å². The average molecular weight is 351 g/mol. The third-order valence-electron chi connectivity index (χ3n) is 4.47. The average Bonchev–Trinajstić information content (AvgIpc) is 2.69. The molecule has 1 heterocycles. The second-order valence-corrected chi connectivity index (χ2v) is 6.40. The summed E-state index contributed by atoms with van der Waals surface area (Å²) in [4.78, 5) is 16.5. The minimum absolute atomic E-state index is 0.130. The Morgan fingerprint density at radius 2 is 2.12 bits per heavy atom. The molecule has 0 radical (unpaired) electrons. The molecule has 5 nitrogen and oxygen atoms in total. The number of aromatic nitrogens is 1. The zero-order valence-electron chi connectivity index (χ0n) is 15.1. The highest BCUT2D eigenvalue weighted by atomic mass is 16.5. The van der Waals surface area contributed by atoms with Crippen LogP contribution in [-0.4, -0.2) is 24.5 Å². The van der Waals surface area contributed by atoms with E-state index in [0.717, 1.165) is 23.5 Å². The van der Waals surface area contributed by atoms with E-state index in [1.54, 1.807) is 19.4 Å². The van der Waals surface area contributed by atoms with Crippen molar-refractivity contribution in [3.63, 3.8) is 0 Å². The number of pyridine rings is 1. The maximum atomic E-state index is 12.2. The van der Waals surface area contributed by atoms with Gasteiger partial charge in [0, 0.05) is 18.3 Å². The second-order valence-electron chi connectivity index (χ2n) is 6.40. The molecule has 0 saturated heterocycles. The highest BCUT2D eigenvalue weighted by Gasteiger charge is 2.08. The molecule has 1 aromatic heterocycles. The summed E-state index contributed by atoms with van der Waals surface area (Å²) in [6.07, 6.45) is 9.80. The predicted molar refractivity (Wildman–Crippen MR) is 104 cm³/mol. The van der Waals surface area contributed by atoms with Crippen molar-refractivity contribution in [2.45, 2.75) is 32.1 Å². The van der Waals surface area contributed by atoms with Crippen molar-refractivity contribution >= 4 is 17.3 Å². The van der Waals surface area contributed by atoms with Gasteiger partial charge in [0.15, 0.2) is 0 Å². The van der Waals surface area contributed by atoms with E-state index in [1.807, 2.05) is 30.3 Å². The Morgan fingerprint density at radius 1 is 1.19 bits per heavy atom. The SMILES string of the molecule is COc1cccc(Nc2ccc(C(=O)NCCC3=CCCCC3)nc2)c1. The van der Waals surface area contributed by atoms with Gasteiger partial charge in [0.25, 0.3) is 5.91 Å². The summed E-state index contributed by atoms with van der Waals surface area (Å²) in [7, 11) is 1.64. The number of hydrogen-bond donors (Lipinski definition) is 2. The highest BCUT2D eigenvalue weighted by Crippen LogP contribution is 2.21. The molecule has 5 heteroatoms. The molecule has 1 aromatic carbocycles. The van der Waals surface area contributed by atoms with Crippen molar-refractivity contribution in [1.82, 2.24) is 10.3 Å². The Morgan fingerprint density at radius 3 is 2.85 bits per heavy atom. The fraction of sp³-hybridized carbons (Fsp3) is 0.333. The molecule has 0 bridgehead atoms. The van der Waals surface area contributed by atoms with Gasteiger partial charge in [0.2, 0.25) is 0 Å². The number of allylic oxidation sites excluding steroid dienone is 1. The molecule has 0 spiro atoms. The molecule has 0 aliphatic heterocycles. The number of nitrogens with one attached hydrogen (secondary N) is 2. The Hall–Kier alpha value is -2.82. The third kappa shape index (κ3) is 5.09. The summed E-state index contributed by atoms with van der Waals surface area (Å²) >= 11 is 0. The first-order valence-corrected chi connectivity index (χ1v) is 9.08. The monoisotopic (exact) mass is 351 g/mol. The van der Waals surface area contributed by atoms with Crippen LogP contribution in [-0.2, 0) is 0 Å². The molecule has 0 atom stereocenters. The van der Waals surface area contributed by atoms with Crippen molar-refractivity contribution in [2.75, 3.05) is 19.0 Å². The molecule has 1 aliphatic rings. The Kier molecular flexibility index (Phi) is 6.25. The zero-order valence-corrected chi connectivity index (χ0v) is 15.1. The minimum Gasteiger partial charge on any atom is -0.497 e. The lowest BCUT2D eigenvalue weighted by Gasteiger charge is -2.13. The van der Waals surface area contributed by atoms with Gasteiger partial charge in [-0.15, -0.1) is 0 Å². The number of carbonyl (C=O) groups is 1. The number of ether oxygens (including phenoxy) is 1. The topological polar surface area (TPSA) is 63.2 Å². The molecule has 3 rings (SSSR count). The highest BCUT2D eigenvalue weighted by molar-refractivity contribution is 5.92. The molecular formula is C21H25N3O2. The number of nitrogens with zero attached hydrogens (tertiary/aromatic N) is 1. The predicted octanol–water partition coefficient (Wildman–Crippen LogP) is 4.45. The summed E-state index contributed by atoms with van der Waals surface area (Å²) in [5, 5.41) is 6.20. The van der Waals surface area contributed by atoms with Gasteiger partial charge in [-0.25, -0.2) is 4.98 Å². The first-order chi connectivity index (χ1) is 12.7. The van der Waals surface area contributed by atoms with Crippen LogP contribution in [0.3, 0.4) is 0 Å². The molecule has 1 amide bonds. The van der Waals surface area contributed by atoms with Crippen LogP contribution in [0.2, 0.25) is 0 Å². The maximum Gasteiger partial charge on any atom is 0.269 e. The molecule has 0 fully saturated rings. The van der Waals surface area contributed by atoms with Crippen LogP contribution in [0.4, 0.5) is 11.4 Å². The lowest BCUT2D eigenvalue weighted by molar-refractivity contribution is 0.0949. The van der Waals surface area contributed by atoms with E-state index in [-0.39, 0.29) is 5.91 Å². The molecular weight excluding hydrogens is 326 g/mol. The van der Waals surface area contributed by atoms with Gasteiger partial charge in [0.1, 0.15) is 11.4 Å². The largest absolute Gasteiger partial charge is 0.497 e. The number of amides is 1. The zero-order chi connectivity index (χ0) is 18.2. The molecule has 2 aromatic rings. The van der Waals surface area contributed by atoms with Crippen LogP contribution in [0.25, 0.3) is 0 Å². The van der Waals surface area contributed by atoms with E-state index in [0.29, 0.717) is 12.2 Å². The van der Waals surface area contributed by atoms with Gasteiger partial charge in [0.05, 0.1) is 19.0 Å². The van der Waals surface area contributed by atoms with Crippen LogP contribution < -0.4 is 15.4 Å². The Labute approximate surface area is 154 Å². The fourth-order valence-corrected chi connectivity index (χ4v) is 3.03. The number of benzene rings is 1. The van der Waals surface area contributed by atoms with Crippen LogP contribution in [0.1, 0.15) is 42.6 Å². The number of methoxy groups -OCH3 is 1. The van der Waals surface area contributed by atoms with E-state index in [1.165, 1.54) is 31.3 Å². The van der Waals surface area contributed by atoms with Crippen LogP contribution in [0.15, 0.2) is 54.2 Å². The van der Waals surface area contributed by atoms with E-state index in [2.05, 4.69) is 21.7 Å². The van der Waals surface area contributed by atoms with E-state index >= 15 is 0 Å². The van der Waals surface area contributed by atoms with Crippen molar-refractivity contribution in [3.05, 3.63) is 59.9 Å². The van der Waals surface area contributed by atoms with Gasteiger partial charge >= 0.3 is 0 Å². The van der Waals surface area contributed by atoms with Crippen LogP contribution in [0.5, 0.6) is 5.75 Å². The van der Waals surface area contributed by atoms with Crippen molar-refractivity contribution < 1.29 is 9.53 Å². The van der Waals surface area contributed by atoms with Crippen LogP contribution in [0, 0.1) is 0 Å². The summed E-state index contributed by atoms with van der Waals surface area (Å²) in [6.45, 7) is 0.663. The van der Waals surface area contributed by atoms with Gasteiger partial charge in [-0.1, -0.05) is 17.7 Å². The van der Waals surface area contributed by atoms with Crippen molar-refractivity contribution in [1.29, 1.82) is 0 Å². The summed E-state index contributed by atoms with van der Waals surface area (Å²) in [5.41, 5.74) is 3.62. The van der Waals surface area contributed by atoms with Gasteiger partial charge in [-0.2, -0.15) is 0 Å². The van der Waals surface area contributed by atoms with Gasteiger partial charge in [-0.05, 0) is 56.4 Å². The quantitative estimate of drug-likeness (QED) is 0.723. The van der Waals surface area contributed by atoms with Gasteiger partial charge < -0.3 is 15.4 Å². The lowest BCUT2D eigenvalue weighted by atomic mass is 9.97. The summed E-state index contributed by atoms with van der Waals surface area (Å²) in [5.74, 6) is 0.654. The molecule has 26 heavy (non-hydrogen) atoms. The normalized spacial score (nSPS) is 13.7. The molecule has 0 unspecified atom stereocenters. The van der Waals surface area contributed by atoms with Gasteiger partial charge in [-0.3, -0.25) is 4.79 Å². The maximum absolute atomic E-state index is 12.2. The van der Waals surface area contributed by atoms with Crippen molar-refractivity contribution in [2.24, 2.45) is 0 Å². The first-order valence-electron chi connectivity index (χ1n) is 9.08. The van der Waals surface area contributed by atoms with E-state index in [4.69, 9.17) is 4.74 Å². The second kappa shape index (κ2) is 9.04. The number of hydrogen-bond acceptors (Lipinski definition) is 4. The standard InChI is InChI=1S/C21H25N3O2/c1-26-19-9-5-8-17(14-19)24-18-10-11-20(23-15-18)21(25)22-13-12-16-6-3-2-4-7-16/h5-6,8-11,14-15,24H,2-4,7,12-13H2,1H3,(H,22,25). The summed E-state index contributed by atoms with van der Waals surface area (Å²) in [6, 6.07) is 11.2. The number of rotatable bonds is 7. The number of anilines is 2. The molecule has 0 saturated carbocycles. The number of carbonyl (C=O) groups excluding carboxylic acids is 1. The fourth-order valence-electron chi connectivity index (χ4n) is 3.03. The smallest absolute Gasteiger partial charge is 0.269 e. The Balaban J connectivity index is 1.51. The Bertz CT molecular complexity index is 769. The molecule has 1 aliphatic carbocycles. The van der Waals surface area contributed by atoms with Crippen molar-refractivity contribution in [3.8, 4) is 5.75 Å². The van der Waals surface area contributed by atoms with E-state index in [9.17, 15) is 4.79 Å². The molecule has 136 valence electrons. The molecule has 2 N–H and O–H groups in total. The third-order valence-corrected chi connectivity index (χ3v) is 4.47. The lowest BCUT2D eigenvalue weighted by Crippen LogP contribution is -2.25. The van der Waals surface area contributed by atoms with Crippen LogP contribution >= 0.6 is 0 Å².